The van der Waals surface area contributed by atoms with Crippen LogP contribution in [-0.2, 0) is 4.79 Å². The minimum Gasteiger partial charge on any atom is -0.481 e. The Hall–Kier alpha value is -1.92. The number of piperazine rings is 1. The van der Waals surface area contributed by atoms with E-state index in [4.69, 9.17) is 4.74 Å². The molecular formula is C18H27N3O3. The van der Waals surface area contributed by atoms with Gasteiger partial charge in [-0.05, 0) is 38.9 Å². The molecule has 2 rings (SSSR count). The molecule has 1 amide bonds. The maximum atomic E-state index is 12.1. The average Bonchev–Trinajstić information content (AvgIpc) is 2.59. The van der Waals surface area contributed by atoms with Gasteiger partial charge in [-0.25, -0.2) is 0 Å². The molecule has 1 aromatic rings. The smallest absolute Gasteiger partial charge is 0.260 e. The zero-order valence-electron chi connectivity index (χ0n) is 14.5. The Morgan fingerprint density at radius 1 is 1.33 bits per heavy atom. The summed E-state index contributed by atoms with van der Waals surface area (Å²) in [5.41, 5.74) is 0.580. The molecule has 1 aliphatic heterocycles. The molecule has 132 valence electrons. The molecule has 0 spiro atoms. The fraction of sp³-hybridized carbons (Fsp3) is 0.556. The molecule has 6 heteroatoms. The van der Waals surface area contributed by atoms with Crippen molar-refractivity contribution in [1.82, 2.24) is 15.5 Å². The molecule has 1 saturated heterocycles. The number of rotatable bonds is 8. The van der Waals surface area contributed by atoms with Crippen LogP contribution in [0, 0.1) is 0 Å². The number of Topliss-reactive ketones (excluding diaryl/α,β-unsaturated/α-hetero) is 1. The van der Waals surface area contributed by atoms with Crippen LogP contribution >= 0.6 is 0 Å². The fourth-order valence-corrected chi connectivity index (χ4v) is 2.64. The van der Waals surface area contributed by atoms with Crippen molar-refractivity contribution >= 4 is 11.7 Å². The number of nitrogens with zero attached hydrogens (tertiary/aromatic N) is 1. The van der Waals surface area contributed by atoms with Crippen LogP contribution in [0.3, 0.4) is 0 Å². The average molecular weight is 333 g/mol. The predicted molar refractivity (Wildman–Crippen MR) is 93.5 cm³/mol. The minimum atomic E-state index is -0.591. The maximum Gasteiger partial charge on any atom is 0.260 e. The van der Waals surface area contributed by atoms with E-state index in [1.165, 1.54) is 6.92 Å². The first-order chi connectivity index (χ1) is 11.6. The fourth-order valence-electron chi connectivity index (χ4n) is 2.64. The number of benzene rings is 1. The maximum absolute atomic E-state index is 12.1. The second-order valence-corrected chi connectivity index (χ2v) is 6.08. The highest BCUT2D eigenvalue weighted by molar-refractivity contribution is 5.94. The molecule has 0 bridgehead atoms. The number of hydrogen-bond acceptors (Lipinski definition) is 5. The van der Waals surface area contributed by atoms with Crippen LogP contribution in [0.5, 0.6) is 5.75 Å². The van der Waals surface area contributed by atoms with Gasteiger partial charge in [0, 0.05) is 38.3 Å². The Bertz CT molecular complexity index is 556. The van der Waals surface area contributed by atoms with Crippen molar-refractivity contribution in [2.45, 2.75) is 26.4 Å². The van der Waals surface area contributed by atoms with E-state index in [0.29, 0.717) is 17.9 Å². The van der Waals surface area contributed by atoms with E-state index in [0.717, 1.165) is 39.1 Å². The number of ether oxygens (including phenoxy) is 1. The summed E-state index contributed by atoms with van der Waals surface area (Å²) in [7, 11) is 0. The van der Waals surface area contributed by atoms with Gasteiger partial charge in [0.15, 0.2) is 11.9 Å². The third-order valence-electron chi connectivity index (χ3n) is 4.08. The van der Waals surface area contributed by atoms with Gasteiger partial charge in [-0.15, -0.1) is 0 Å². The second-order valence-electron chi connectivity index (χ2n) is 6.08. The van der Waals surface area contributed by atoms with Gasteiger partial charge in [-0.3, -0.25) is 9.59 Å². The summed E-state index contributed by atoms with van der Waals surface area (Å²) in [4.78, 5) is 25.9. The lowest BCUT2D eigenvalue weighted by Crippen LogP contribution is -2.44. The molecule has 6 nitrogen and oxygen atoms in total. The number of ketones is 1. The third-order valence-corrected chi connectivity index (χ3v) is 4.08. The lowest BCUT2D eigenvalue weighted by atomic mass is 10.1. The lowest BCUT2D eigenvalue weighted by molar-refractivity contribution is -0.127. The molecule has 0 radical (unpaired) electrons. The summed E-state index contributed by atoms with van der Waals surface area (Å²) in [6.45, 7) is 9.08. The minimum absolute atomic E-state index is 0.0227. The van der Waals surface area contributed by atoms with Crippen LogP contribution in [0.25, 0.3) is 0 Å². The number of amides is 1. The first kappa shape index (κ1) is 18.4. The van der Waals surface area contributed by atoms with Gasteiger partial charge in [0.2, 0.25) is 0 Å². The van der Waals surface area contributed by atoms with Crippen LogP contribution in [-0.4, -0.2) is 62.0 Å². The highest BCUT2D eigenvalue weighted by Gasteiger charge is 2.15. The summed E-state index contributed by atoms with van der Waals surface area (Å²) in [5, 5.41) is 6.23. The van der Waals surface area contributed by atoms with E-state index >= 15 is 0 Å². The molecule has 1 fully saturated rings. The number of carbonyl (C=O) groups is 2. The SMILES string of the molecule is CC(=O)c1cccc(OC(C)C(=O)NCCCN2CCNCC2)c1. The number of carbonyl (C=O) groups excluding carboxylic acids is 2. The third kappa shape index (κ3) is 5.94. The standard InChI is InChI=1S/C18H27N3O3/c1-14(22)16-5-3-6-17(13-16)24-15(2)18(23)20-7-4-10-21-11-8-19-9-12-21/h3,5-6,13,15,19H,4,7-12H2,1-2H3,(H,20,23). The first-order valence-corrected chi connectivity index (χ1v) is 8.54. The van der Waals surface area contributed by atoms with Crippen molar-refractivity contribution in [2.75, 3.05) is 39.3 Å². The van der Waals surface area contributed by atoms with Crippen molar-refractivity contribution in [3.63, 3.8) is 0 Å². The van der Waals surface area contributed by atoms with Crippen LogP contribution < -0.4 is 15.4 Å². The van der Waals surface area contributed by atoms with Crippen LogP contribution in [0.2, 0.25) is 0 Å². The summed E-state index contributed by atoms with van der Waals surface area (Å²) in [5.74, 6) is 0.375. The van der Waals surface area contributed by atoms with Gasteiger partial charge in [0.25, 0.3) is 5.91 Å². The van der Waals surface area contributed by atoms with E-state index < -0.39 is 6.10 Å². The highest BCUT2D eigenvalue weighted by atomic mass is 16.5. The molecule has 1 aromatic carbocycles. The number of nitrogens with one attached hydrogen (secondary N) is 2. The van der Waals surface area contributed by atoms with Gasteiger partial charge < -0.3 is 20.3 Å². The van der Waals surface area contributed by atoms with E-state index in [-0.39, 0.29) is 11.7 Å². The lowest BCUT2D eigenvalue weighted by Gasteiger charge is -2.27. The molecule has 2 N–H and O–H groups in total. The zero-order valence-corrected chi connectivity index (χ0v) is 14.5. The Morgan fingerprint density at radius 3 is 2.79 bits per heavy atom. The highest BCUT2D eigenvalue weighted by Crippen LogP contribution is 2.15. The van der Waals surface area contributed by atoms with Gasteiger partial charge >= 0.3 is 0 Å². The molecule has 0 aromatic heterocycles. The molecular weight excluding hydrogens is 306 g/mol. The Balaban J connectivity index is 1.69. The second kappa shape index (κ2) is 9.39. The monoisotopic (exact) mass is 333 g/mol. The first-order valence-electron chi connectivity index (χ1n) is 8.54. The van der Waals surface area contributed by atoms with Crippen molar-refractivity contribution in [1.29, 1.82) is 0 Å². The molecule has 1 unspecified atom stereocenters. The normalized spacial score (nSPS) is 16.4. The quantitative estimate of drug-likeness (QED) is 0.550. The van der Waals surface area contributed by atoms with E-state index in [1.54, 1.807) is 31.2 Å². The molecule has 1 atom stereocenters. The van der Waals surface area contributed by atoms with Gasteiger partial charge in [0.05, 0.1) is 0 Å². The summed E-state index contributed by atoms with van der Waals surface area (Å²) in [6, 6.07) is 6.90. The van der Waals surface area contributed by atoms with Crippen LogP contribution in [0.15, 0.2) is 24.3 Å². The zero-order chi connectivity index (χ0) is 17.4. The summed E-state index contributed by atoms with van der Waals surface area (Å²) in [6.07, 6.45) is 0.338. The van der Waals surface area contributed by atoms with Gasteiger partial charge in [-0.2, -0.15) is 0 Å². The van der Waals surface area contributed by atoms with Crippen molar-refractivity contribution < 1.29 is 14.3 Å². The molecule has 1 aliphatic rings. The van der Waals surface area contributed by atoms with Crippen molar-refractivity contribution in [2.24, 2.45) is 0 Å². The van der Waals surface area contributed by atoms with E-state index in [1.807, 2.05) is 0 Å². The molecule has 0 saturated carbocycles. The molecule has 24 heavy (non-hydrogen) atoms. The Labute approximate surface area is 143 Å². The number of hydrogen-bond donors (Lipinski definition) is 2. The summed E-state index contributed by atoms with van der Waals surface area (Å²) >= 11 is 0. The van der Waals surface area contributed by atoms with Crippen molar-refractivity contribution in [3.05, 3.63) is 29.8 Å². The van der Waals surface area contributed by atoms with Gasteiger partial charge in [-0.1, -0.05) is 12.1 Å². The topological polar surface area (TPSA) is 70.7 Å². The molecule has 1 heterocycles. The van der Waals surface area contributed by atoms with E-state index in [2.05, 4.69) is 15.5 Å². The van der Waals surface area contributed by atoms with E-state index in [9.17, 15) is 9.59 Å². The van der Waals surface area contributed by atoms with Crippen LogP contribution in [0.4, 0.5) is 0 Å². The summed E-state index contributed by atoms with van der Waals surface area (Å²) < 4.78 is 5.63. The van der Waals surface area contributed by atoms with Crippen LogP contribution in [0.1, 0.15) is 30.6 Å². The Kier molecular flexibility index (Phi) is 7.21. The largest absolute Gasteiger partial charge is 0.481 e. The van der Waals surface area contributed by atoms with Crippen molar-refractivity contribution in [3.8, 4) is 5.75 Å². The predicted octanol–water partition coefficient (Wildman–Crippen LogP) is 1.07. The van der Waals surface area contributed by atoms with Gasteiger partial charge in [0.1, 0.15) is 5.75 Å². The Morgan fingerprint density at radius 2 is 2.08 bits per heavy atom. The molecule has 0 aliphatic carbocycles.